The summed E-state index contributed by atoms with van der Waals surface area (Å²) in [5.74, 6) is -1.17. The molecule has 0 unspecified atom stereocenters. The van der Waals surface area contributed by atoms with E-state index in [0.29, 0.717) is 5.57 Å². The molecule has 0 bridgehead atoms. The normalized spacial score (nSPS) is 19.2. The molecule has 0 aromatic heterocycles. The van der Waals surface area contributed by atoms with Gasteiger partial charge in [-0.3, -0.25) is 4.79 Å². The number of hydrogen-bond acceptors (Lipinski definition) is 4. The predicted molar refractivity (Wildman–Crippen MR) is 35.4 cm³/mol. The maximum absolute atomic E-state index is 10.8. The van der Waals surface area contributed by atoms with Crippen LogP contribution < -0.4 is 0 Å². The van der Waals surface area contributed by atoms with Crippen LogP contribution in [0.3, 0.4) is 0 Å². The lowest BCUT2D eigenvalue weighted by atomic mass is 10.3. The van der Waals surface area contributed by atoms with Crippen molar-refractivity contribution in [2.24, 2.45) is 0 Å². The summed E-state index contributed by atoms with van der Waals surface area (Å²) in [7, 11) is 0. The molecule has 0 N–H and O–H groups in total. The second-order valence-corrected chi connectivity index (χ2v) is 2.18. The van der Waals surface area contributed by atoms with E-state index >= 15 is 0 Å². The summed E-state index contributed by atoms with van der Waals surface area (Å²) in [4.78, 5) is 21.4. The van der Waals surface area contributed by atoms with E-state index in [1.165, 1.54) is 13.2 Å². The smallest absolute Gasteiger partial charge is 0.344 e. The van der Waals surface area contributed by atoms with Gasteiger partial charge in [0.15, 0.2) is 0 Å². The number of carbonyl (C=O) groups is 2. The lowest BCUT2D eigenvalue weighted by Crippen LogP contribution is -2.17. The average molecular weight is 156 g/mol. The molecular weight excluding hydrogens is 148 g/mol. The molecule has 4 nitrogen and oxygen atoms in total. The van der Waals surface area contributed by atoms with Gasteiger partial charge in [-0.2, -0.15) is 0 Å². The molecule has 0 fully saturated rings. The number of ether oxygens (including phenoxy) is 2. The molecule has 0 spiro atoms. The van der Waals surface area contributed by atoms with Crippen LogP contribution in [-0.2, 0) is 19.1 Å². The summed E-state index contributed by atoms with van der Waals surface area (Å²) in [5.41, 5.74) is 0.304. The minimum absolute atomic E-state index is 0.121. The Morgan fingerprint density at radius 3 is 2.91 bits per heavy atom. The monoisotopic (exact) mass is 156 g/mol. The molecule has 0 aromatic carbocycles. The Kier molecular flexibility index (Phi) is 2.25. The van der Waals surface area contributed by atoms with Gasteiger partial charge in [0.2, 0.25) is 0 Å². The standard InChI is InChI=1S/C7H8O4/c1-5-4-10-3-2-6(8)11-7(5)9/h4H,2-3H2,1H3. The molecule has 1 aliphatic rings. The first kappa shape index (κ1) is 7.78. The zero-order valence-electron chi connectivity index (χ0n) is 6.12. The van der Waals surface area contributed by atoms with Gasteiger partial charge in [0.1, 0.15) is 0 Å². The SMILES string of the molecule is CC1=COCCC(=O)OC1=O. The highest BCUT2D eigenvalue weighted by atomic mass is 16.6. The van der Waals surface area contributed by atoms with Gasteiger partial charge < -0.3 is 9.47 Å². The highest BCUT2D eigenvalue weighted by molar-refractivity contribution is 5.95. The van der Waals surface area contributed by atoms with Gasteiger partial charge in [0.05, 0.1) is 24.9 Å². The first-order valence-electron chi connectivity index (χ1n) is 3.23. The summed E-state index contributed by atoms with van der Waals surface area (Å²) in [6.07, 6.45) is 1.42. The quantitative estimate of drug-likeness (QED) is 0.376. The molecule has 0 radical (unpaired) electrons. The first-order chi connectivity index (χ1) is 5.20. The third-order valence-electron chi connectivity index (χ3n) is 1.21. The fourth-order valence-electron chi connectivity index (χ4n) is 0.609. The molecule has 0 aliphatic carbocycles. The van der Waals surface area contributed by atoms with Crippen LogP contribution >= 0.6 is 0 Å². The molecule has 1 rings (SSSR count). The highest BCUT2D eigenvalue weighted by Crippen LogP contribution is 2.03. The Labute approximate surface area is 63.8 Å². The fourth-order valence-corrected chi connectivity index (χ4v) is 0.609. The van der Waals surface area contributed by atoms with E-state index in [0.717, 1.165) is 0 Å². The minimum atomic E-state index is -0.630. The van der Waals surface area contributed by atoms with Crippen molar-refractivity contribution in [3.8, 4) is 0 Å². The van der Waals surface area contributed by atoms with Gasteiger partial charge in [-0.25, -0.2) is 4.79 Å². The third kappa shape index (κ3) is 2.07. The van der Waals surface area contributed by atoms with Crippen molar-refractivity contribution in [2.75, 3.05) is 6.61 Å². The van der Waals surface area contributed by atoms with Crippen LogP contribution in [0.25, 0.3) is 0 Å². The van der Waals surface area contributed by atoms with Crippen molar-refractivity contribution in [3.05, 3.63) is 11.8 Å². The van der Waals surface area contributed by atoms with Gasteiger partial charge in [-0.15, -0.1) is 0 Å². The fraction of sp³-hybridized carbons (Fsp3) is 0.429. The van der Waals surface area contributed by atoms with E-state index in [2.05, 4.69) is 4.74 Å². The Morgan fingerprint density at radius 1 is 1.45 bits per heavy atom. The number of cyclic esters (lactones) is 2. The lowest BCUT2D eigenvalue weighted by Gasteiger charge is -2.07. The van der Waals surface area contributed by atoms with E-state index in [9.17, 15) is 9.59 Å². The van der Waals surface area contributed by atoms with Crippen LogP contribution in [0.2, 0.25) is 0 Å². The molecule has 4 heteroatoms. The summed E-state index contributed by atoms with van der Waals surface area (Å²) in [6, 6.07) is 0. The van der Waals surface area contributed by atoms with Crippen LogP contribution in [-0.4, -0.2) is 18.5 Å². The summed E-state index contributed by atoms with van der Waals surface area (Å²) < 4.78 is 9.22. The summed E-state index contributed by atoms with van der Waals surface area (Å²) >= 11 is 0. The van der Waals surface area contributed by atoms with Crippen molar-refractivity contribution in [3.63, 3.8) is 0 Å². The van der Waals surface area contributed by atoms with Crippen LogP contribution in [0.15, 0.2) is 11.8 Å². The third-order valence-corrected chi connectivity index (χ3v) is 1.21. The molecule has 0 amide bonds. The predicted octanol–water partition coefficient (Wildman–Crippen LogP) is 0.380. The minimum Gasteiger partial charge on any atom is -0.500 e. The van der Waals surface area contributed by atoms with E-state index in [1.807, 2.05) is 0 Å². The van der Waals surface area contributed by atoms with E-state index in [4.69, 9.17) is 4.74 Å². The Morgan fingerprint density at radius 2 is 2.18 bits per heavy atom. The van der Waals surface area contributed by atoms with E-state index in [1.54, 1.807) is 0 Å². The molecule has 0 saturated carbocycles. The lowest BCUT2D eigenvalue weighted by molar-refractivity contribution is -0.158. The van der Waals surface area contributed by atoms with Crippen LogP contribution in [0.5, 0.6) is 0 Å². The topological polar surface area (TPSA) is 52.6 Å². The van der Waals surface area contributed by atoms with Gasteiger partial charge in [-0.1, -0.05) is 0 Å². The summed E-state index contributed by atoms with van der Waals surface area (Å²) in [5, 5.41) is 0. The van der Waals surface area contributed by atoms with Crippen molar-refractivity contribution < 1.29 is 19.1 Å². The molecule has 0 saturated heterocycles. The van der Waals surface area contributed by atoms with Crippen molar-refractivity contribution in [1.29, 1.82) is 0 Å². The van der Waals surface area contributed by atoms with Crippen molar-refractivity contribution in [2.45, 2.75) is 13.3 Å². The summed E-state index contributed by atoms with van der Waals surface area (Å²) in [6.45, 7) is 1.80. The molecule has 0 aromatic rings. The van der Waals surface area contributed by atoms with E-state index < -0.39 is 11.9 Å². The molecule has 1 heterocycles. The number of esters is 2. The zero-order chi connectivity index (χ0) is 8.27. The van der Waals surface area contributed by atoms with Gasteiger partial charge in [0.25, 0.3) is 0 Å². The van der Waals surface area contributed by atoms with Crippen LogP contribution in [0.1, 0.15) is 13.3 Å². The largest absolute Gasteiger partial charge is 0.500 e. The second kappa shape index (κ2) is 3.18. The van der Waals surface area contributed by atoms with Crippen molar-refractivity contribution >= 4 is 11.9 Å². The Balaban J connectivity index is 2.70. The molecule has 1 aliphatic heterocycles. The highest BCUT2D eigenvalue weighted by Gasteiger charge is 2.14. The zero-order valence-corrected chi connectivity index (χ0v) is 6.12. The molecular formula is C7H8O4. The molecule has 11 heavy (non-hydrogen) atoms. The Bertz CT molecular complexity index is 216. The Hall–Kier alpha value is -1.32. The molecule has 0 atom stereocenters. The van der Waals surface area contributed by atoms with E-state index in [-0.39, 0.29) is 13.0 Å². The van der Waals surface area contributed by atoms with Crippen molar-refractivity contribution in [1.82, 2.24) is 0 Å². The number of rotatable bonds is 0. The molecule has 60 valence electrons. The average Bonchev–Trinajstić information content (AvgIpc) is 1.95. The van der Waals surface area contributed by atoms with Gasteiger partial charge >= 0.3 is 11.9 Å². The number of hydrogen-bond donors (Lipinski definition) is 0. The van der Waals surface area contributed by atoms with Gasteiger partial charge in [-0.05, 0) is 6.92 Å². The number of carbonyl (C=O) groups excluding carboxylic acids is 2. The second-order valence-electron chi connectivity index (χ2n) is 2.18. The first-order valence-corrected chi connectivity index (χ1v) is 3.23. The van der Waals surface area contributed by atoms with Crippen LogP contribution in [0.4, 0.5) is 0 Å². The maximum atomic E-state index is 10.8. The maximum Gasteiger partial charge on any atom is 0.344 e. The van der Waals surface area contributed by atoms with Crippen LogP contribution in [0, 0.1) is 0 Å². The van der Waals surface area contributed by atoms with Gasteiger partial charge in [0, 0.05) is 0 Å².